The molecule has 1 aromatic carbocycles. The van der Waals surface area contributed by atoms with Crippen molar-refractivity contribution in [2.75, 3.05) is 27.1 Å². The second-order valence-corrected chi connectivity index (χ2v) is 5.14. The lowest BCUT2D eigenvalue weighted by molar-refractivity contribution is -0.0110. The minimum Gasteiger partial charge on any atom is -0.454 e. The Morgan fingerprint density at radius 3 is 2.80 bits per heavy atom. The van der Waals surface area contributed by atoms with Gasteiger partial charge in [0.1, 0.15) is 0 Å². The first-order valence-electron chi connectivity index (χ1n) is 6.91. The maximum Gasteiger partial charge on any atom is 0.231 e. The lowest BCUT2D eigenvalue weighted by Gasteiger charge is -2.19. The molecule has 0 amide bonds. The molecule has 5 heteroatoms. The van der Waals surface area contributed by atoms with E-state index in [9.17, 15) is 0 Å². The molecule has 0 bridgehead atoms. The zero-order valence-electron chi connectivity index (χ0n) is 12.3. The quantitative estimate of drug-likeness (QED) is 0.789. The van der Waals surface area contributed by atoms with Gasteiger partial charge in [-0.15, -0.1) is 0 Å². The minimum absolute atomic E-state index is 0.0350. The van der Waals surface area contributed by atoms with Crippen LogP contribution < -0.4 is 14.8 Å². The molecule has 0 spiro atoms. The van der Waals surface area contributed by atoms with Crippen LogP contribution in [-0.2, 0) is 16.1 Å². The van der Waals surface area contributed by atoms with Gasteiger partial charge < -0.3 is 24.3 Å². The van der Waals surface area contributed by atoms with Crippen molar-refractivity contribution in [2.24, 2.45) is 0 Å². The van der Waals surface area contributed by atoms with Gasteiger partial charge in [0.2, 0.25) is 6.79 Å². The van der Waals surface area contributed by atoms with E-state index in [1.807, 2.05) is 18.2 Å². The summed E-state index contributed by atoms with van der Waals surface area (Å²) in [4.78, 5) is 0. The lowest BCUT2D eigenvalue weighted by atomic mass is 10.2. The van der Waals surface area contributed by atoms with Gasteiger partial charge >= 0.3 is 0 Å². The highest BCUT2D eigenvalue weighted by Gasteiger charge is 2.14. The number of fused-ring (bicyclic) bond motifs is 1. The van der Waals surface area contributed by atoms with E-state index in [1.165, 1.54) is 0 Å². The van der Waals surface area contributed by atoms with Crippen molar-refractivity contribution in [1.82, 2.24) is 5.32 Å². The molecule has 0 aromatic heterocycles. The third kappa shape index (κ3) is 4.37. The summed E-state index contributed by atoms with van der Waals surface area (Å²) in [5.41, 5.74) is 1.07. The van der Waals surface area contributed by atoms with Crippen LogP contribution in [0.3, 0.4) is 0 Å². The number of methoxy groups -OCH3 is 1. The summed E-state index contributed by atoms with van der Waals surface area (Å²) in [6, 6.07) is 6.30. The van der Waals surface area contributed by atoms with Gasteiger partial charge in [-0.1, -0.05) is 19.9 Å². The van der Waals surface area contributed by atoms with E-state index in [4.69, 9.17) is 18.9 Å². The van der Waals surface area contributed by atoms with Crippen molar-refractivity contribution in [3.05, 3.63) is 23.8 Å². The van der Waals surface area contributed by atoms with Crippen LogP contribution in [0, 0.1) is 0 Å². The van der Waals surface area contributed by atoms with Crippen LogP contribution in [0.25, 0.3) is 0 Å². The molecular formula is C15H23NO4. The predicted molar refractivity (Wildman–Crippen MR) is 76.2 cm³/mol. The maximum absolute atomic E-state index is 5.89. The number of hydrogen-bond acceptors (Lipinski definition) is 5. The van der Waals surface area contributed by atoms with Crippen LogP contribution in [-0.4, -0.2) is 39.2 Å². The van der Waals surface area contributed by atoms with E-state index < -0.39 is 0 Å². The number of ether oxygens (including phenoxy) is 4. The largest absolute Gasteiger partial charge is 0.454 e. The smallest absolute Gasteiger partial charge is 0.231 e. The van der Waals surface area contributed by atoms with Crippen LogP contribution in [0.4, 0.5) is 0 Å². The topological polar surface area (TPSA) is 49.0 Å². The highest BCUT2D eigenvalue weighted by Crippen LogP contribution is 2.32. The van der Waals surface area contributed by atoms with Crippen molar-refractivity contribution >= 4 is 0 Å². The second kappa shape index (κ2) is 7.47. The molecule has 1 N–H and O–H groups in total. The van der Waals surface area contributed by atoms with Crippen molar-refractivity contribution in [2.45, 2.75) is 32.6 Å². The molecule has 1 aliphatic rings. The molecule has 1 heterocycles. The SMILES string of the molecule is COCC(CNC(C)C)OCc1ccc2c(c1)OCO2. The van der Waals surface area contributed by atoms with E-state index in [0.717, 1.165) is 23.6 Å². The normalized spacial score (nSPS) is 14.8. The Labute approximate surface area is 120 Å². The van der Waals surface area contributed by atoms with Gasteiger partial charge in [-0.3, -0.25) is 0 Å². The molecule has 5 nitrogen and oxygen atoms in total. The van der Waals surface area contributed by atoms with Gasteiger partial charge in [-0.2, -0.15) is 0 Å². The molecule has 0 saturated heterocycles. The third-order valence-corrected chi connectivity index (χ3v) is 3.03. The van der Waals surface area contributed by atoms with Gasteiger partial charge in [0.25, 0.3) is 0 Å². The molecule has 1 atom stereocenters. The van der Waals surface area contributed by atoms with Crippen LogP contribution in [0.15, 0.2) is 18.2 Å². The summed E-state index contributed by atoms with van der Waals surface area (Å²) >= 11 is 0. The molecule has 0 fully saturated rings. The van der Waals surface area contributed by atoms with E-state index >= 15 is 0 Å². The molecular weight excluding hydrogens is 258 g/mol. The Bertz CT molecular complexity index is 422. The second-order valence-electron chi connectivity index (χ2n) is 5.14. The summed E-state index contributed by atoms with van der Waals surface area (Å²) in [7, 11) is 1.69. The average Bonchev–Trinajstić information content (AvgIpc) is 2.89. The standard InChI is InChI=1S/C15H23NO4/c1-11(2)16-7-13(9-17-3)18-8-12-4-5-14-15(6-12)20-10-19-14/h4-6,11,13,16H,7-10H2,1-3H3. The Kier molecular flexibility index (Phi) is 5.64. The zero-order chi connectivity index (χ0) is 14.4. The monoisotopic (exact) mass is 281 g/mol. The first-order chi connectivity index (χ1) is 9.69. The third-order valence-electron chi connectivity index (χ3n) is 3.03. The van der Waals surface area contributed by atoms with Crippen LogP contribution in [0.2, 0.25) is 0 Å². The van der Waals surface area contributed by atoms with Gasteiger partial charge in [0.05, 0.1) is 19.3 Å². The van der Waals surface area contributed by atoms with E-state index in [-0.39, 0.29) is 6.10 Å². The average molecular weight is 281 g/mol. The van der Waals surface area contributed by atoms with Gasteiger partial charge in [-0.05, 0) is 17.7 Å². The van der Waals surface area contributed by atoms with E-state index in [0.29, 0.717) is 26.0 Å². The Hall–Kier alpha value is -1.30. The summed E-state index contributed by atoms with van der Waals surface area (Å²) in [6.07, 6.45) is 0.0350. The van der Waals surface area contributed by atoms with Crippen molar-refractivity contribution in [3.8, 4) is 11.5 Å². The van der Waals surface area contributed by atoms with Crippen LogP contribution >= 0.6 is 0 Å². The van der Waals surface area contributed by atoms with Gasteiger partial charge in [0.15, 0.2) is 11.5 Å². The van der Waals surface area contributed by atoms with E-state index in [1.54, 1.807) is 7.11 Å². The fourth-order valence-electron chi connectivity index (χ4n) is 1.96. The zero-order valence-corrected chi connectivity index (χ0v) is 12.3. The first-order valence-corrected chi connectivity index (χ1v) is 6.91. The van der Waals surface area contributed by atoms with Gasteiger partial charge in [-0.25, -0.2) is 0 Å². The molecule has 1 aliphatic heterocycles. The summed E-state index contributed by atoms with van der Waals surface area (Å²) in [5, 5.41) is 3.36. The number of hydrogen-bond donors (Lipinski definition) is 1. The lowest BCUT2D eigenvalue weighted by Crippen LogP contribution is -2.36. The molecule has 20 heavy (non-hydrogen) atoms. The van der Waals surface area contributed by atoms with Crippen molar-refractivity contribution < 1.29 is 18.9 Å². The highest BCUT2D eigenvalue weighted by molar-refractivity contribution is 5.44. The van der Waals surface area contributed by atoms with Crippen molar-refractivity contribution in [1.29, 1.82) is 0 Å². The molecule has 2 rings (SSSR count). The first kappa shape index (κ1) is 15.1. The Morgan fingerprint density at radius 2 is 2.05 bits per heavy atom. The fourth-order valence-corrected chi connectivity index (χ4v) is 1.96. The fraction of sp³-hybridized carbons (Fsp3) is 0.600. The maximum atomic E-state index is 5.89. The highest BCUT2D eigenvalue weighted by atomic mass is 16.7. The van der Waals surface area contributed by atoms with Crippen molar-refractivity contribution in [3.63, 3.8) is 0 Å². The molecule has 1 aromatic rings. The molecule has 112 valence electrons. The number of benzene rings is 1. The van der Waals surface area contributed by atoms with E-state index in [2.05, 4.69) is 19.2 Å². The predicted octanol–water partition coefficient (Wildman–Crippen LogP) is 1.94. The minimum atomic E-state index is 0.0350. The Balaban J connectivity index is 1.85. The van der Waals surface area contributed by atoms with Crippen LogP contribution in [0.1, 0.15) is 19.4 Å². The molecule has 0 saturated carbocycles. The molecule has 0 aliphatic carbocycles. The summed E-state index contributed by atoms with van der Waals surface area (Å²) in [6.45, 7) is 6.40. The number of nitrogens with one attached hydrogen (secondary N) is 1. The van der Waals surface area contributed by atoms with Gasteiger partial charge in [0, 0.05) is 19.7 Å². The molecule has 0 radical (unpaired) electrons. The molecule has 1 unspecified atom stereocenters. The Morgan fingerprint density at radius 1 is 1.25 bits per heavy atom. The van der Waals surface area contributed by atoms with Crippen LogP contribution in [0.5, 0.6) is 11.5 Å². The number of rotatable bonds is 8. The summed E-state index contributed by atoms with van der Waals surface area (Å²) in [5.74, 6) is 1.58. The summed E-state index contributed by atoms with van der Waals surface area (Å²) < 4.78 is 21.7.